The zero-order valence-corrected chi connectivity index (χ0v) is 13.5. The molecule has 2 rings (SSSR count). The van der Waals surface area contributed by atoms with Gasteiger partial charge in [-0.3, -0.25) is 0 Å². The predicted octanol–water partition coefficient (Wildman–Crippen LogP) is 3.97. The van der Waals surface area contributed by atoms with Gasteiger partial charge in [0, 0.05) is 0 Å². The number of aromatic carboxylic acids is 2. The van der Waals surface area contributed by atoms with Gasteiger partial charge in [-0.15, -0.1) is 0 Å². The first-order valence-corrected chi connectivity index (χ1v) is 7.38. The molecule has 120 valence electrons. The number of carboxylic acid groups (broad SMARTS) is 2. The van der Waals surface area contributed by atoms with Crippen molar-refractivity contribution < 1.29 is 19.8 Å². The van der Waals surface area contributed by atoms with Crippen LogP contribution in [0.2, 0.25) is 0 Å². The lowest BCUT2D eigenvalue weighted by atomic mass is 9.86. The topological polar surface area (TPSA) is 74.6 Å². The molecule has 4 nitrogen and oxygen atoms in total. The van der Waals surface area contributed by atoms with E-state index in [-0.39, 0.29) is 23.0 Å². The molecule has 0 aromatic heterocycles. The van der Waals surface area contributed by atoms with Crippen molar-refractivity contribution in [1.82, 2.24) is 0 Å². The highest BCUT2D eigenvalue weighted by molar-refractivity contribution is 5.96. The summed E-state index contributed by atoms with van der Waals surface area (Å²) in [5, 5.41) is 18.6. The number of carbonyl (C=O) groups is 2. The summed E-state index contributed by atoms with van der Waals surface area (Å²) in [6.07, 6.45) is 0.272. The lowest BCUT2D eigenvalue weighted by Gasteiger charge is -2.19. The third-order valence-electron chi connectivity index (χ3n) is 3.84. The summed E-state index contributed by atoms with van der Waals surface area (Å²) < 4.78 is 0. The summed E-state index contributed by atoms with van der Waals surface area (Å²) in [5.41, 5.74) is 2.48. The van der Waals surface area contributed by atoms with Crippen LogP contribution in [0.25, 0.3) is 0 Å². The van der Waals surface area contributed by atoms with Crippen molar-refractivity contribution in [2.75, 3.05) is 0 Å². The van der Waals surface area contributed by atoms with Crippen molar-refractivity contribution in [3.8, 4) is 0 Å². The number of hydrogen-bond donors (Lipinski definition) is 2. The molecule has 0 fully saturated rings. The van der Waals surface area contributed by atoms with Crippen molar-refractivity contribution in [1.29, 1.82) is 0 Å². The van der Waals surface area contributed by atoms with Crippen LogP contribution >= 0.6 is 0 Å². The molecule has 0 amide bonds. The van der Waals surface area contributed by atoms with E-state index in [4.69, 9.17) is 0 Å². The average Bonchev–Trinajstić information content (AvgIpc) is 2.46. The van der Waals surface area contributed by atoms with Crippen LogP contribution in [0.1, 0.15) is 58.2 Å². The number of hydrogen-bond acceptors (Lipinski definition) is 2. The largest absolute Gasteiger partial charge is 0.478 e. The Hall–Kier alpha value is -2.62. The minimum absolute atomic E-state index is 0.0315. The van der Waals surface area contributed by atoms with Crippen LogP contribution in [-0.2, 0) is 11.8 Å². The van der Waals surface area contributed by atoms with E-state index in [1.807, 2.05) is 24.3 Å². The highest BCUT2D eigenvalue weighted by atomic mass is 16.4. The summed E-state index contributed by atoms with van der Waals surface area (Å²) in [4.78, 5) is 22.8. The molecule has 0 radical (unpaired) electrons. The summed E-state index contributed by atoms with van der Waals surface area (Å²) in [5.74, 6) is -2.23. The lowest BCUT2D eigenvalue weighted by Crippen LogP contribution is -2.12. The van der Waals surface area contributed by atoms with Crippen molar-refractivity contribution >= 4 is 11.9 Å². The molecular formula is C19H20O4. The maximum Gasteiger partial charge on any atom is 0.336 e. The molecule has 0 atom stereocenters. The highest BCUT2D eigenvalue weighted by Gasteiger charge is 2.19. The van der Waals surface area contributed by atoms with E-state index in [0.717, 1.165) is 5.56 Å². The van der Waals surface area contributed by atoms with Crippen LogP contribution in [-0.4, -0.2) is 22.2 Å². The Bertz CT molecular complexity index is 705. The standard InChI is InChI=1S/C19H20O4/c1-19(2,3)13-9-7-12(8-10-13)11-16-14(17(20)21)5-4-6-15(16)18(22)23/h4-10H,11H2,1-3H3,(H,20,21)(H,22,23). The fraction of sp³-hybridized carbons (Fsp3) is 0.263. The van der Waals surface area contributed by atoms with Gasteiger partial charge in [-0.05, 0) is 40.7 Å². The Morgan fingerprint density at radius 3 is 1.74 bits per heavy atom. The summed E-state index contributed by atoms with van der Waals surface area (Å²) in [7, 11) is 0. The number of carboxylic acids is 2. The average molecular weight is 312 g/mol. The van der Waals surface area contributed by atoms with E-state index in [1.165, 1.54) is 23.8 Å². The first kappa shape index (κ1) is 16.7. The number of benzene rings is 2. The van der Waals surface area contributed by atoms with E-state index in [9.17, 15) is 19.8 Å². The molecule has 0 saturated carbocycles. The van der Waals surface area contributed by atoms with Gasteiger partial charge in [0.1, 0.15) is 0 Å². The minimum atomic E-state index is -1.12. The first-order valence-electron chi connectivity index (χ1n) is 7.38. The Morgan fingerprint density at radius 1 is 0.870 bits per heavy atom. The molecule has 2 aromatic rings. The molecule has 2 aromatic carbocycles. The second kappa shape index (κ2) is 6.24. The molecule has 23 heavy (non-hydrogen) atoms. The van der Waals surface area contributed by atoms with Crippen LogP contribution < -0.4 is 0 Å². The Balaban J connectivity index is 2.43. The van der Waals surface area contributed by atoms with E-state index in [0.29, 0.717) is 5.56 Å². The molecule has 0 spiro atoms. The SMILES string of the molecule is CC(C)(C)c1ccc(Cc2c(C(=O)O)cccc2C(=O)O)cc1. The van der Waals surface area contributed by atoms with E-state index in [2.05, 4.69) is 20.8 Å². The molecule has 0 unspecified atom stereocenters. The number of rotatable bonds is 4. The molecule has 4 heteroatoms. The molecular weight excluding hydrogens is 292 g/mol. The Labute approximate surface area is 135 Å². The van der Waals surface area contributed by atoms with Crippen LogP contribution in [0.5, 0.6) is 0 Å². The van der Waals surface area contributed by atoms with Gasteiger partial charge in [0.15, 0.2) is 0 Å². The molecule has 0 aliphatic heterocycles. The monoisotopic (exact) mass is 312 g/mol. The van der Waals surface area contributed by atoms with Crippen molar-refractivity contribution in [2.45, 2.75) is 32.6 Å². The molecule has 0 saturated heterocycles. The van der Waals surface area contributed by atoms with Crippen molar-refractivity contribution in [3.63, 3.8) is 0 Å². The Morgan fingerprint density at radius 2 is 1.35 bits per heavy atom. The van der Waals surface area contributed by atoms with Gasteiger partial charge in [-0.2, -0.15) is 0 Å². The maximum absolute atomic E-state index is 11.4. The van der Waals surface area contributed by atoms with Gasteiger partial charge in [-0.1, -0.05) is 51.1 Å². The summed E-state index contributed by atoms with van der Waals surface area (Å²) in [6.45, 7) is 6.35. The predicted molar refractivity (Wildman–Crippen MR) is 88.3 cm³/mol. The molecule has 0 aliphatic carbocycles. The zero-order chi connectivity index (χ0) is 17.2. The smallest absolute Gasteiger partial charge is 0.336 e. The third kappa shape index (κ3) is 3.77. The van der Waals surface area contributed by atoms with Crippen LogP contribution in [0, 0.1) is 0 Å². The molecule has 2 N–H and O–H groups in total. The van der Waals surface area contributed by atoms with E-state index >= 15 is 0 Å². The normalized spacial score (nSPS) is 11.3. The molecule has 0 bridgehead atoms. The quantitative estimate of drug-likeness (QED) is 0.895. The van der Waals surface area contributed by atoms with Gasteiger partial charge in [-0.25, -0.2) is 9.59 Å². The maximum atomic E-state index is 11.4. The van der Waals surface area contributed by atoms with Crippen LogP contribution in [0.4, 0.5) is 0 Å². The van der Waals surface area contributed by atoms with Gasteiger partial charge in [0.2, 0.25) is 0 Å². The Kier molecular flexibility index (Phi) is 4.55. The fourth-order valence-electron chi connectivity index (χ4n) is 2.50. The first-order chi connectivity index (χ1) is 10.7. The fourth-order valence-corrected chi connectivity index (χ4v) is 2.50. The van der Waals surface area contributed by atoms with Crippen molar-refractivity contribution in [3.05, 3.63) is 70.3 Å². The third-order valence-corrected chi connectivity index (χ3v) is 3.84. The van der Waals surface area contributed by atoms with Gasteiger partial charge < -0.3 is 10.2 Å². The van der Waals surface area contributed by atoms with Crippen molar-refractivity contribution in [2.24, 2.45) is 0 Å². The zero-order valence-electron chi connectivity index (χ0n) is 13.5. The van der Waals surface area contributed by atoms with Gasteiger partial charge in [0.05, 0.1) is 11.1 Å². The van der Waals surface area contributed by atoms with Gasteiger partial charge >= 0.3 is 11.9 Å². The lowest BCUT2D eigenvalue weighted by molar-refractivity contribution is 0.0696. The summed E-state index contributed by atoms with van der Waals surface area (Å²) >= 11 is 0. The summed E-state index contributed by atoms with van der Waals surface area (Å²) in [6, 6.07) is 12.2. The van der Waals surface area contributed by atoms with Crippen LogP contribution in [0.3, 0.4) is 0 Å². The van der Waals surface area contributed by atoms with E-state index in [1.54, 1.807) is 0 Å². The second-order valence-electron chi connectivity index (χ2n) is 6.57. The van der Waals surface area contributed by atoms with Gasteiger partial charge in [0.25, 0.3) is 0 Å². The minimum Gasteiger partial charge on any atom is -0.478 e. The van der Waals surface area contributed by atoms with Crippen LogP contribution in [0.15, 0.2) is 42.5 Å². The van der Waals surface area contributed by atoms with E-state index < -0.39 is 11.9 Å². The molecule has 0 aliphatic rings. The second-order valence-corrected chi connectivity index (χ2v) is 6.57. The highest BCUT2D eigenvalue weighted by Crippen LogP contribution is 2.24. The molecule has 0 heterocycles.